The SMILES string of the molecule is COC(=O)[C@@H]1[C@H](/C=C/[Si](C)(C)C)[C@H]1c1ccc(Br)cc1. The standard InChI is InChI=1S/C16H21BrO2Si/c1-19-16(18)15-13(9-10-20(2,3)4)14(15)11-5-7-12(17)8-6-11/h5-10,13-15H,1-4H3/b10-9+/t13-,14-,15-/m1/s1. The van der Waals surface area contributed by atoms with Gasteiger partial charge in [0.2, 0.25) is 0 Å². The Hall–Kier alpha value is -0.873. The molecular weight excluding hydrogens is 332 g/mol. The van der Waals surface area contributed by atoms with Gasteiger partial charge in [-0.2, -0.15) is 0 Å². The van der Waals surface area contributed by atoms with Gasteiger partial charge < -0.3 is 4.74 Å². The lowest BCUT2D eigenvalue weighted by Gasteiger charge is -2.07. The summed E-state index contributed by atoms with van der Waals surface area (Å²) < 4.78 is 6.00. The van der Waals surface area contributed by atoms with Crippen molar-refractivity contribution in [3.63, 3.8) is 0 Å². The number of methoxy groups -OCH3 is 1. The van der Waals surface area contributed by atoms with Gasteiger partial charge in [-0.3, -0.25) is 4.79 Å². The number of esters is 1. The molecule has 0 aliphatic heterocycles. The van der Waals surface area contributed by atoms with E-state index in [0.717, 1.165) is 4.47 Å². The zero-order chi connectivity index (χ0) is 14.9. The number of halogens is 1. The molecular formula is C16H21BrO2Si. The molecule has 20 heavy (non-hydrogen) atoms. The van der Waals surface area contributed by atoms with E-state index in [9.17, 15) is 4.79 Å². The lowest BCUT2D eigenvalue weighted by atomic mass is 10.1. The van der Waals surface area contributed by atoms with Crippen LogP contribution in [0.15, 0.2) is 40.5 Å². The third-order valence-electron chi connectivity index (χ3n) is 3.62. The van der Waals surface area contributed by atoms with E-state index in [1.54, 1.807) is 0 Å². The maximum absolute atomic E-state index is 11.9. The van der Waals surface area contributed by atoms with E-state index in [4.69, 9.17) is 4.74 Å². The second kappa shape index (κ2) is 5.86. The number of carbonyl (C=O) groups is 1. The lowest BCUT2D eigenvalue weighted by molar-refractivity contribution is -0.142. The summed E-state index contributed by atoms with van der Waals surface area (Å²) in [6, 6.07) is 8.24. The number of hydrogen-bond donors (Lipinski definition) is 0. The minimum absolute atomic E-state index is 0.0197. The average Bonchev–Trinajstić information content (AvgIpc) is 3.10. The molecule has 3 atom stereocenters. The number of carbonyl (C=O) groups excluding carboxylic acids is 1. The predicted octanol–water partition coefficient (Wildman–Crippen LogP) is 4.39. The first-order valence-corrected chi connectivity index (χ1v) is 11.2. The summed E-state index contributed by atoms with van der Waals surface area (Å²) in [6.45, 7) is 6.90. The van der Waals surface area contributed by atoms with Gasteiger partial charge in [-0.1, -0.05) is 59.5 Å². The van der Waals surface area contributed by atoms with Crippen molar-refractivity contribution in [1.29, 1.82) is 0 Å². The van der Waals surface area contributed by atoms with Crippen LogP contribution in [0.1, 0.15) is 11.5 Å². The first kappa shape index (κ1) is 15.5. The molecule has 1 aliphatic rings. The van der Waals surface area contributed by atoms with E-state index >= 15 is 0 Å². The van der Waals surface area contributed by atoms with Crippen molar-refractivity contribution in [1.82, 2.24) is 0 Å². The van der Waals surface area contributed by atoms with Crippen LogP contribution in [0.3, 0.4) is 0 Å². The highest BCUT2D eigenvalue weighted by Gasteiger charge is 2.54. The highest BCUT2D eigenvalue weighted by atomic mass is 79.9. The fourth-order valence-electron chi connectivity index (χ4n) is 2.53. The molecule has 0 N–H and O–H groups in total. The van der Waals surface area contributed by atoms with Crippen molar-refractivity contribution in [2.24, 2.45) is 11.8 Å². The quantitative estimate of drug-likeness (QED) is 0.593. The smallest absolute Gasteiger partial charge is 0.309 e. The molecule has 0 heterocycles. The van der Waals surface area contributed by atoms with E-state index in [-0.39, 0.29) is 23.7 Å². The largest absolute Gasteiger partial charge is 0.469 e. The number of ether oxygens (including phenoxy) is 1. The number of rotatable bonds is 4. The zero-order valence-electron chi connectivity index (χ0n) is 12.4. The van der Waals surface area contributed by atoms with E-state index in [0.29, 0.717) is 0 Å². The van der Waals surface area contributed by atoms with E-state index in [1.807, 2.05) is 12.1 Å². The zero-order valence-corrected chi connectivity index (χ0v) is 15.0. The number of benzene rings is 1. The summed E-state index contributed by atoms with van der Waals surface area (Å²) in [7, 11) is 0.237. The normalized spacial score (nSPS) is 25.8. The molecule has 2 rings (SSSR count). The van der Waals surface area contributed by atoms with Crippen molar-refractivity contribution in [3.05, 3.63) is 46.1 Å². The molecule has 1 aromatic carbocycles. The van der Waals surface area contributed by atoms with E-state index in [1.165, 1.54) is 12.7 Å². The molecule has 0 radical (unpaired) electrons. The van der Waals surface area contributed by atoms with Crippen LogP contribution in [0.2, 0.25) is 19.6 Å². The summed E-state index contributed by atoms with van der Waals surface area (Å²) in [4.78, 5) is 11.9. The predicted molar refractivity (Wildman–Crippen MR) is 88.4 cm³/mol. The minimum Gasteiger partial charge on any atom is -0.469 e. The third kappa shape index (κ3) is 3.61. The van der Waals surface area contributed by atoms with E-state index in [2.05, 4.69) is 59.5 Å². The Kier molecular flexibility index (Phi) is 4.54. The van der Waals surface area contributed by atoms with E-state index < -0.39 is 8.07 Å². The molecule has 1 aliphatic carbocycles. The Balaban J connectivity index is 2.20. The first-order chi connectivity index (χ1) is 9.33. The number of hydrogen-bond acceptors (Lipinski definition) is 2. The van der Waals surface area contributed by atoms with Crippen molar-refractivity contribution in [3.8, 4) is 0 Å². The fraction of sp³-hybridized carbons (Fsp3) is 0.438. The van der Waals surface area contributed by atoms with Gasteiger partial charge in [-0.25, -0.2) is 0 Å². The van der Waals surface area contributed by atoms with Gasteiger partial charge in [0.15, 0.2) is 0 Å². The minimum atomic E-state index is -1.23. The second-order valence-corrected chi connectivity index (χ2v) is 12.4. The van der Waals surface area contributed by atoms with Gasteiger partial charge in [-0.05, 0) is 23.6 Å². The Morgan fingerprint density at radius 1 is 1.25 bits per heavy atom. The number of allylic oxidation sites excluding steroid dienone is 1. The fourth-order valence-corrected chi connectivity index (χ4v) is 3.59. The molecule has 108 valence electrons. The summed E-state index contributed by atoms with van der Waals surface area (Å²) in [5.74, 6) is 0.440. The van der Waals surface area contributed by atoms with Crippen LogP contribution in [0, 0.1) is 11.8 Å². The monoisotopic (exact) mass is 352 g/mol. The molecule has 1 aromatic rings. The average molecular weight is 353 g/mol. The van der Waals surface area contributed by atoms with Crippen molar-refractivity contribution in [2.45, 2.75) is 25.6 Å². The molecule has 0 unspecified atom stereocenters. The summed E-state index contributed by atoms with van der Waals surface area (Å²) in [5, 5.41) is 0. The summed E-state index contributed by atoms with van der Waals surface area (Å²) in [5.41, 5.74) is 3.54. The maximum Gasteiger partial charge on any atom is 0.309 e. The second-order valence-electron chi connectivity index (χ2n) is 6.43. The van der Waals surface area contributed by atoms with Crippen LogP contribution in [-0.4, -0.2) is 21.2 Å². The van der Waals surface area contributed by atoms with Crippen LogP contribution in [0.4, 0.5) is 0 Å². The Morgan fingerprint density at radius 2 is 1.85 bits per heavy atom. The third-order valence-corrected chi connectivity index (χ3v) is 5.34. The molecule has 1 fully saturated rings. The van der Waals surface area contributed by atoms with Gasteiger partial charge in [0, 0.05) is 10.4 Å². The molecule has 2 nitrogen and oxygen atoms in total. The first-order valence-electron chi connectivity index (χ1n) is 6.86. The summed E-state index contributed by atoms with van der Waals surface area (Å²) >= 11 is 3.44. The van der Waals surface area contributed by atoms with Gasteiger partial charge in [0.1, 0.15) is 0 Å². The summed E-state index contributed by atoms with van der Waals surface area (Å²) in [6.07, 6.45) is 2.24. The van der Waals surface area contributed by atoms with Gasteiger partial charge in [0.05, 0.1) is 21.1 Å². The van der Waals surface area contributed by atoms with Crippen LogP contribution < -0.4 is 0 Å². The van der Waals surface area contributed by atoms with Gasteiger partial charge >= 0.3 is 5.97 Å². The Morgan fingerprint density at radius 3 is 2.35 bits per heavy atom. The molecule has 0 aromatic heterocycles. The van der Waals surface area contributed by atoms with Crippen molar-refractivity contribution < 1.29 is 9.53 Å². The highest BCUT2D eigenvalue weighted by molar-refractivity contribution is 9.10. The highest BCUT2D eigenvalue weighted by Crippen LogP contribution is 2.55. The van der Waals surface area contributed by atoms with Crippen LogP contribution in [0.5, 0.6) is 0 Å². The molecule has 1 saturated carbocycles. The van der Waals surface area contributed by atoms with Crippen LogP contribution >= 0.6 is 15.9 Å². The molecule has 0 saturated heterocycles. The topological polar surface area (TPSA) is 26.3 Å². The molecule has 0 spiro atoms. The van der Waals surface area contributed by atoms with Crippen LogP contribution in [0.25, 0.3) is 0 Å². The van der Waals surface area contributed by atoms with Gasteiger partial charge in [0.25, 0.3) is 0 Å². The van der Waals surface area contributed by atoms with Gasteiger partial charge in [-0.15, -0.1) is 0 Å². The molecule has 0 amide bonds. The Bertz CT molecular complexity index is 516. The lowest BCUT2D eigenvalue weighted by Crippen LogP contribution is -2.15. The van der Waals surface area contributed by atoms with Crippen LogP contribution in [-0.2, 0) is 9.53 Å². The van der Waals surface area contributed by atoms with Crippen molar-refractivity contribution >= 4 is 30.0 Å². The Labute approximate surface area is 130 Å². The maximum atomic E-state index is 11.9. The molecule has 0 bridgehead atoms. The molecule has 4 heteroatoms. The van der Waals surface area contributed by atoms with Crippen molar-refractivity contribution in [2.75, 3.05) is 7.11 Å².